The van der Waals surface area contributed by atoms with Crippen LogP contribution in [0.1, 0.15) is 16.2 Å². The van der Waals surface area contributed by atoms with Crippen LogP contribution in [0.25, 0.3) is 16.1 Å². The number of hydrogen-bond acceptors (Lipinski definition) is 5. The molecule has 0 aliphatic rings. The second-order valence-electron chi connectivity index (χ2n) is 5.61. The SMILES string of the molecule is Cc1nc(NC(=O)c2cnn(-c3ccccc3)n2)sc1-c1ccccc1. The molecule has 0 saturated heterocycles. The molecule has 2 heterocycles. The summed E-state index contributed by atoms with van der Waals surface area (Å²) in [6.45, 7) is 1.93. The highest BCUT2D eigenvalue weighted by Gasteiger charge is 2.15. The van der Waals surface area contributed by atoms with Crippen LogP contribution in [0.15, 0.2) is 66.9 Å². The average molecular weight is 361 g/mol. The molecular formula is C19H15N5OS. The maximum Gasteiger partial charge on any atom is 0.279 e. The molecule has 0 radical (unpaired) electrons. The zero-order chi connectivity index (χ0) is 17.9. The van der Waals surface area contributed by atoms with E-state index in [1.807, 2.05) is 67.6 Å². The maximum atomic E-state index is 12.5. The van der Waals surface area contributed by atoms with Crippen molar-refractivity contribution in [2.75, 3.05) is 5.32 Å². The van der Waals surface area contributed by atoms with Gasteiger partial charge in [0.1, 0.15) is 0 Å². The van der Waals surface area contributed by atoms with E-state index in [0.29, 0.717) is 5.13 Å². The Hall–Kier alpha value is -3.32. The lowest BCUT2D eigenvalue weighted by atomic mass is 10.2. The van der Waals surface area contributed by atoms with Gasteiger partial charge in [-0.15, -0.1) is 5.10 Å². The number of rotatable bonds is 4. The number of thiazole rings is 1. The van der Waals surface area contributed by atoms with Crippen LogP contribution in [0.4, 0.5) is 5.13 Å². The molecule has 6 nitrogen and oxygen atoms in total. The van der Waals surface area contributed by atoms with E-state index >= 15 is 0 Å². The molecule has 2 aromatic heterocycles. The zero-order valence-corrected chi connectivity index (χ0v) is 14.8. The molecule has 4 rings (SSSR count). The van der Waals surface area contributed by atoms with Crippen LogP contribution in [0.5, 0.6) is 0 Å². The van der Waals surface area contributed by atoms with Crippen molar-refractivity contribution in [1.82, 2.24) is 20.0 Å². The number of amides is 1. The van der Waals surface area contributed by atoms with Crippen molar-refractivity contribution in [2.24, 2.45) is 0 Å². The van der Waals surface area contributed by atoms with Crippen molar-refractivity contribution in [2.45, 2.75) is 6.92 Å². The van der Waals surface area contributed by atoms with Crippen molar-refractivity contribution in [3.05, 3.63) is 78.2 Å². The number of para-hydroxylation sites is 1. The Morgan fingerprint density at radius 1 is 1.04 bits per heavy atom. The molecule has 0 bridgehead atoms. The molecule has 1 N–H and O–H groups in total. The lowest BCUT2D eigenvalue weighted by Gasteiger charge is -1.98. The van der Waals surface area contributed by atoms with E-state index in [0.717, 1.165) is 21.8 Å². The first kappa shape index (κ1) is 16.2. The molecule has 26 heavy (non-hydrogen) atoms. The maximum absolute atomic E-state index is 12.5. The summed E-state index contributed by atoms with van der Waals surface area (Å²) in [6, 6.07) is 19.4. The molecule has 0 saturated carbocycles. The third-order valence-corrected chi connectivity index (χ3v) is 4.89. The Balaban J connectivity index is 1.53. The highest BCUT2D eigenvalue weighted by atomic mass is 32.1. The van der Waals surface area contributed by atoms with Crippen LogP contribution in [0.3, 0.4) is 0 Å². The van der Waals surface area contributed by atoms with Crippen molar-refractivity contribution in [1.29, 1.82) is 0 Å². The first-order valence-electron chi connectivity index (χ1n) is 8.03. The van der Waals surface area contributed by atoms with Crippen molar-refractivity contribution < 1.29 is 4.79 Å². The van der Waals surface area contributed by atoms with Crippen molar-refractivity contribution >= 4 is 22.4 Å². The minimum Gasteiger partial charge on any atom is -0.296 e. The van der Waals surface area contributed by atoms with E-state index in [2.05, 4.69) is 20.5 Å². The van der Waals surface area contributed by atoms with Gasteiger partial charge >= 0.3 is 0 Å². The van der Waals surface area contributed by atoms with Crippen LogP contribution in [-0.4, -0.2) is 25.9 Å². The highest BCUT2D eigenvalue weighted by molar-refractivity contribution is 7.19. The number of aromatic nitrogens is 4. The summed E-state index contributed by atoms with van der Waals surface area (Å²) >= 11 is 1.44. The molecule has 128 valence electrons. The summed E-state index contributed by atoms with van der Waals surface area (Å²) in [6.07, 6.45) is 1.45. The normalized spacial score (nSPS) is 10.7. The van der Waals surface area contributed by atoms with E-state index in [-0.39, 0.29) is 11.6 Å². The summed E-state index contributed by atoms with van der Waals surface area (Å²) < 4.78 is 0. The van der Waals surface area contributed by atoms with Crippen LogP contribution in [-0.2, 0) is 0 Å². The number of benzene rings is 2. The summed E-state index contributed by atoms with van der Waals surface area (Å²) in [5.41, 5.74) is 2.99. The van der Waals surface area contributed by atoms with Gasteiger partial charge in [0.2, 0.25) is 0 Å². The fourth-order valence-electron chi connectivity index (χ4n) is 2.52. The minimum atomic E-state index is -0.333. The molecular weight excluding hydrogens is 346 g/mol. The topological polar surface area (TPSA) is 72.7 Å². The number of aryl methyl sites for hydroxylation is 1. The monoisotopic (exact) mass is 361 g/mol. The van der Waals surface area contributed by atoms with Gasteiger partial charge in [-0.3, -0.25) is 10.1 Å². The first-order chi connectivity index (χ1) is 12.7. The fraction of sp³-hybridized carbons (Fsp3) is 0.0526. The van der Waals surface area contributed by atoms with E-state index < -0.39 is 0 Å². The molecule has 4 aromatic rings. The van der Waals surface area contributed by atoms with Gasteiger partial charge in [-0.2, -0.15) is 9.90 Å². The number of nitrogens with one attached hydrogen (secondary N) is 1. The summed E-state index contributed by atoms with van der Waals surface area (Å²) in [5.74, 6) is -0.333. The molecule has 0 unspecified atom stereocenters. The van der Waals surface area contributed by atoms with Gasteiger partial charge in [-0.05, 0) is 24.6 Å². The molecule has 0 spiro atoms. The Morgan fingerprint density at radius 2 is 1.73 bits per heavy atom. The van der Waals surface area contributed by atoms with Gasteiger partial charge in [0.05, 0.1) is 22.5 Å². The van der Waals surface area contributed by atoms with E-state index in [9.17, 15) is 4.79 Å². The number of carbonyl (C=O) groups excluding carboxylic acids is 1. The van der Waals surface area contributed by atoms with Gasteiger partial charge in [0, 0.05) is 0 Å². The fourth-order valence-corrected chi connectivity index (χ4v) is 3.49. The van der Waals surface area contributed by atoms with E-state index in [4.69, 9.17) is 0 Å². The number of carbonyl (C=O) groups is 1. The Bertz CT molecular complexity index is 1040. The lowest BCUT2D eigenvalue weighted by Crippen LogP contribution is -2.13. The minimum absolute atomic E-state index is 0.239. The van der Waals surface area contributed by atoms with Gasteiger partial charge < -0.3 is 0 Å². The van der Waals surface area contributed by atoms with Gasteiger partial charge in [0.25, 0.3) is 5.91 Å². The van der Waals surface area contributed by atoms with Crippen LogP contribution in [0.2, 0.25) is 0 Å². The number of hydrogen-bond donors (Lipinski definition) is 1. The first-order valence-corrected chi connectivity index (χ1v) is 8.84. The smallest absolute Gasteiger partial charge is 0.279 e. The van der Waals surface area contributed by atoms with Crippen LogP contribution >= 0.6 is 11.3 Å². The third-order valence-electron chi connectivity index (χ3n) is 3.76. The third kappa shape index (κ3) is 3.25. The summed E-state index contributed by atoms with van der Waals surface area (Å²) in [7, 11) is 0. The Kier molecular flexibility index (Phi) is 4.28. The number of nitrogens with zero attached hydrogens (tertiary/aromatic N) is 4. The molecule has 7 heteroatoms. The average Bonchev–Trinajstić information content (AvgIpc) is 3.30. The predicted octanol–water partition coefficient (Wildman–Crippen LogP) is 3.95. The summed E-state index contributed by atoms with van der Waals surface area (Å²) in [5, 5.41) is 11.7. The second kappa shape index (κ2) is 6.89. The summed E-state index contributed by atoms with van der Waals surface area (Å²) in [4.78, 5) is 19.4. The molecule has 0 atom stereocenters. The second-order valence-corrected chi connectivity index (χ2v) is 6.61. The van der Waals surface area contributed by atoms with Crippen molar-refractivity contribution in [3.8, 4) is 16.1 Å². The Morgan fingerprint density at radius 3 is 2.46 bits per heavy atom. The number of anilines is 1. The van der Waals surface area contributed by atoms with E-state index in [1.54, 1.807) is 0 Å². The lowest BCUT2D eigenvalue weighted by molar-refractivity contribution is 0.102. The molecule has 0 aliphatic heterocycles. The zero-order valence-electron chi connectivity index (χ0n) is 14.0. The largest absolute Gasteiger partial charge is 0.296 e. The molecule has 2 aromatic carbocycles. The molecule has 1 amide bonds. The highest BCUT2D eigenvalue weighted by Crippen LogP contribution is 2.32. The van der Waals surface area contributed by atoms with E-state index in [1.165, 1.54) is 22.3 Å². The van der Waals surface area contributed by atoms with Gasteiger partial charge in [-0.1, -0.05) is 59.9 Å². The quantitative estimate of drug-likeness (QED) is 0.597. The van der Waals surface area contributed by atoms with Crippen LogP contribution < -0.4 is 5.32 Å². The van der Waals surface area contributed by atoms with Crippen molar-refractivity contribution in [3.63, 3.8) is 0 Å². The Labute approximate surface area is 154 Å². The van der Waals surface area contributed by atoms with Gasteiger partial charge in [-0.25, -0.2) is 4.98 Å². The molecule has 0 aliphatic carbocycles. The van der Waals surface area contributed by atoms with Gasteiger partial charge in [0.15, 0.2) is 10.8 Å². The standard InChI is InChI=1S/C19H15N5OS/c1-13-17(14-8-4-2-5-9-14)26-19(21-13)22-18(25)16-12-20-24(23-16)15-10-6-3-7-11-15/h2-12H,1H3,(H,21,22,25). The van der Waals surface area contributed by atoms with Crippen LogP contribution in [0, 0.1) is 6.92 Å². The molecule has 0 fully saturated rings. The predicted molar refractivity (Wildman–Crippen MR) is 102 cm³/mol.